The van der Waals surface area contributed by atoms with Crippen molar-refractivity contribution in [2.75, 3.05) is 5.32 Å². The van der Waals surface area contributed by atoms with Gasteiger partial charge >= 0.3 is 0 Å². The topological polar surface area (TPSA) is 67.8 Å². The van der Waals surface area contributed by atoms with Gasteiger partial charge in [0.05, 0.1) is 16.7 Å². The minimum atomic E-state index is -0.193. The maximum Gasteiger partial charge on any atom is 0.139 e. The zero-order chi connectivity index (χ0) is 33.5. The van der Waals surface area contributed by atoms with Crippen LogP contribution in [-0.2, 0) is 5.41 Å². The van der Waals surface area contributed by atoms with Crippen molar-refractivity contribution in [3.8, 4) is 28.7 Å². The first kappa shape index (κ1) is 30.2. The van der Waals surface area contributed by atoms with Crippen molar-refractivity contribution >= 4 is 33.2 Å². The van der Waals surface area contributed by atoms with Crippen molar-refractivity contribution in [3.05, 3.63) is 162 Å². The molecule has 3 aromatic heterocycles. The van der Waals surface area contributed by atoms with Crippen molar-refractivity contribution in [1.82, 2.24) is 19.5 Å². The van der Waals surface area contributed by atoms with E-state index >= 15 is 0 Å². The molecule has 0 saturated carbocycles. The summed E-state index contributed by atoms with van der Waals surface area (Å²) in [4.78, 5) is 13.0. The van der Waals surface area contributed by atoms with Crippen molar-refractivity contribution in [1.29, 1.82) is 0 Å². The molecule has 240 valence electrons. The summed E-state index contributed by atoms with van der Waals surface area (Å²) in [6.07, 6.45) is 1.92. The predicted molar refractivity (Wildman–Crippen MR) is 200 cm³/mol. The first-order valence-corrected chi connectivity index (χ1v) is 16.6. The molecule has 0 atom stereocenters. The third-order valence-corrected chi connectivity index (χ3v) is 9.50. The number of nitrogens with zero attached hydrogens (tertiary/aromatic N) is 3. The average molecular weight is 640 g/mol. The molecule has 8 aromatic rings. The fraction of sp³-hybridized carbons (Fsp3) is 0.116. The van der Waals surface area contributed by atoms with Gasteiger partial charge in [0.15, 0.2) is 0 Å². The quantitative estimate of drug-likeness (QED) is 0.174. The highest BCUT2D eigenvalue weighted by Gasteiger charge is 2.24. The molecule has 0 fully saturated rings. The van der Waals surface area contributed by atoms with E-state index in [2.05, 4.69) is 120 Å². The minimum Gasteiger partial charge on any atom is -0.457 e. The summed E-state index contributed by atoms with van der Waals surface area (Å²) in [5, 5.41) is 5.90. The van der Waals surface area contributed by atoms with Gasteiger partial charge in [0.25, 0.3) is 0 Å². The Morgan fingerprint density at radius 3 is 2.27 bits per heavy atom. The van der Waals surface area contributed by atoms with Crippen molar-refractivity contribution in [3.63, 3.8) is 0 Å². The largest absolute Gasteiger partial charge is 0.457 e. The fourth-order valence-electron chi connectivity index (χ4n) is 6.61. The van der Waals surface area contributed by atoms with Crippen LogP contribution in [0, 0.1) is 13.8 Å². The van der Waals surface area contributed by atoms with E-state index in [-0.39, 0.29) is 5.41 Å². The molecule has 49 heavy (non-hydrogen) atoms. The Kier molecular flexibility index (Phi) is 7.49. The average Bonchev–Trinajstić information content (AvgIpc) is 3.64. The van der Waals surface area contributed by atoms with Gasteiger partial charge in [0, 0.05) is 57.1 Å². The highest BCUT2D eigenvalue weighted by atomic mass is 16.5. The van der Waals surface area contributed by atoms with E-state index in [1.807, 2.05) is 62.5 Å². The van der Waals surface area contributed by atoms with Crippen molar-refractivity contribution in [2.24, 2.45) is 0 Å². The van der Waals surface area contributed by atoms with E-state index in [1.165, 1.54) is 16.5 Å². The molecule has 0 aliphatic rings. The summed E-state index contributed by atoms with van der Waals surface area (Å²) in [6.45, 7) is 8.59. The monoisotopic (exact) mass is 639 g/mol. The van der Waals surface area contributed by atoms with Crippen LogP contribution in [0.15, 0.2) is 140 Å². The van der Waals surface area contributed by atoms with E-state index in [0.717, 1.165) is 67.9 Å². The van der Waals surface area contributed by atoms with E-state index in [0.29, 0.717) is 0 Å². The molecule has 6 heteroatoms. The van der Waals surface area contributed by atoms with Crippen LogP contribution in [0.5, 0.6) is 11.5 Å². The lowest BCUT2D eigenvalue weighted by Crippen LogP contribution is -2.19. The number of rotatable bonds is 8. The summed E-state index contributed by atoms with van der Waals surface area (Å²) in [7, 11) is 0. The summed E-state index contributed by atoms with van der Waals surface area (Å²) in [5.41, 5.74) is 9.35. The second-order valence-corrected chi connectivity index (χ2v) is 13.0. The second kappa shape index (κ2) is 12.1. The van der Waals surface area contributed by atoms with E-state index in [4.69, 9.17) is 14.7 Å². The molecule has 2 N–H and O–H groups in total. The number of aromatic amines is 1. The van der Waals surface area contributed by atoms with Crippen LogP contribution in [0.3, 0.4) is 0 Å². The van der Waals surface area contributed by atoms with Crippen LogP contribution in [0.1, 0.15) is 36.4 Å². The minimum absolute atomic E-state index is 0.193. The Morgan fingerprint density at radius 1 is 0.673 bits per heavy atom. The number of ether oxygens (including phenoxy) is 1. The van der Waals surface area contributed by atoms with E-state index in [9.17, 15) is 0 Å². The number of hydrogen-bond acceptors (Lipinski definition) is 4. The Bertz CT molecular complexity index is 2440. The van der Waals surface area contributed by atoms with Gasteiger partial charge in [0.2, 0.25) is 0 Å². The summed E-state index contributed by atoms with van der Waals surface area (Å²) in [5.74, 6) is 3.20. The van der Waals surface area contributed by atoms with Gasteiger partial charge in [-0.2, -0.15) is 0 Å². The van der Waals surface area contributed by atoms with Gasteiger partial charge in [-0.3, -0.25) is 4.57 Å². The summed E-state index contributed by atoms with van der Waals surface area (Å²) < 4.78 is 8.77. The van der Waals surface area contributed by atoms with E-state index in [1.54, 1.807) is 0 Å². The lowest BCUT2D eigenvalue weighted by atomic mass is 9.78. The molecule has 0 spiro atoms. The number of imidazole rings is 1. The highest BCUT2D eigenvalue weighted by molar-refractivity contribution is 6.09. The van der Waals surface area contributed by atoms with Crippen LogP contribution in [0.2, 0.25) is 0 Å². The number of pyridine rings is 1. The zero-order valence-electron chi connectivity index (χ0n) is 28.0. The van der Waals surface area contributed by atoms with Gasteiger partial charge in [-0.25, -0.2) is 9.97 Å². The number of aryl methyl sites for hydroxylation is 2. The Hall–Kier alpha value is -6.14. The zero-order valence-corrected chi connectivity index (χ0v) is 28.0. The number of para-hydroxylation sites is 2. The highest BCUT2D eigenvalue weighted by Crippen LogP contribution is 2.38. The first-order chi connectivity index (χ1) is 23.8. The predicted octanol–water partition coefficient (Wildman–Crippen LogP) is 11.0. The van der Waals surface area contributed by atoms with Crippen LogP contribution in [0.4, 0.5) is 11.4 Å². The molecular formula is C43H37N5O. The molecule has 0 amide bonds. The molecule has 0 saturated heterocycles. The van der Waals surface area contributed by atoms with Gasteiger partial charge < -0.3 is 15.0 Å². The van der Waals surface area contributed by atoms with Crippen molar-refractivity contribution < 1.29 is 4.74 Å². The van der Waals surface area contributed by atoms with Crippen LogP contribution < -0.4 is 10.1 Å². The number of nitrogens with one attached hydrogen (secondary N) is 2. The molecule has 0 radical (unpaired) electrons. The lowest BCUT2D eigenvalue weighted by molar-refractivity contribution is 0.483. The SMILES string of the molecule is Cc1nc(-c2ccccc2Nc2cccc(Oc3ccc4c5ccccc5n(-c5cc(C(C)(C)c6ccccc6)ccn5)c4c3)c2)[nH]c1C. The standard InChI is InChI=1S/C43H37N5O/c1-28-29(2)46-42(45-28)37-18-8-10-19-38(37)47-32-15-12-16-33(26-32)49-34-21-22-36-35-17-9-11-20-39(35)48(40(36)27-34)41-25-31(23-24-44-41)43(3,4)30-13-6-5-7-14-30/h5-27,47H,1-4H3,(H,45,46). The lowest BCUT2D eigenvalue weighted by Gasteiger charge is -2.26. The molecule has 0 bridgehead atoms. The molecule has 3 heterocycles. The number of benzene rings is 5. The van der Waals surface area contributed by atoms with E-state index < -0.39 is 0 Å². The fourth-order valence-corrected chi connectivity index (χ4v) is 6.61. The second-order valence-electron chi connectivity index (χ2n) is 13.0. The smallest absolute Gasteiger partial charge is 0.139 e. The normalized spacial score (nSPS) is 11.7. The summed E-state index contributed by atoms with van der Waals surface area (Å²) in [6, 6.07) is 46.0. The summed E-state index contributed by atoms with van der Waals surface area (Å²) >= 11 is 0. The molecule has 8 rings (SSSR count). The Balaban J connectivity index is 1.14. The van der Waals surface area contributed by atoms with Gasteiger partial charge in [-0.1, -0.05) is 80.6 Å². The Labute approximate surface area is 286 Å². The number of H-pyrrole nitrogens is 1. The maximum absolute atomic E-state index is 6.53. The van der Waals surface area contributed by atoms with Crippen molar-refractivity contribution in [2.45, 2.75) is 33.1 Å². The molecular weight excluding hydrogens is 603 g/mol. The third kappa shape index (κ3) is 5.61. The molecule has 0 aliphatic carbocycles. The van der Waals surface area contributed by atoms with Gasteiger partial charge in [-0.15, -0.1) is 0 Å². The van der Waals surface area contributed by atoms with Gasteiger partial charge in [0.1, 0.15) is 23.1 Å². The van der Waals surface area contributed by atoms with Crippen LogP contribution in [-0.4, -0.2) is 19.5 Å². The first-order valence-electron chi connectivity index (χ1n) is 16.6. The Morgan fingerprint density at radius 2 is 1.43 bits per heavy atom. The third-order valence-electron chi connectivity index (χ3n) is 9.50. The maximum atomic E-state index is 6.53. The van der Waals surface area contributed by atoms with Gasteiger partial charge in [-0.05, 0) is 79.6 Å². The number of fused-ring (bicyclic) bond motifs is 3. The van der Waals surface area contributed by atoms with Crippen LogP contribution in [0.25, 0.3) is 39.0 Å². The number of aromatic nitrogens is 4. The molecule has 0 aliphatic heterocycles. The molecule has 5 aromatic carbocycles. The van der Waals surface area contributed by atoms with Crippen LogP contribution >= 0.6 is 0 Å². The molecule has 0 unspecified atom stereocenters. The molecule has 6 nitrogen and oxygen atoms in total. The number of anilines is 2. The number of hydrogen-bond donors (Lipinski definition) is 2.